The molecule has 1 amide bonds. The Morgan fingerprint density at radius 3 is 2.37 bits per heavy atom. The third-order valence-electron chi connectivity index (χ3n) is 5.65. The minimum absolute atomic E-state index is 0.170. The van der Waals surface area contributed by atoms with Crippen LogP contribution in [0, 0.1) is 0 Å². The highest BCUT2D eigenvalue weighted by molar-refractivity contribution is 5.87. The summed E-state index contributed by atoms with van der Waals surface area (Å²) in [6.45, 7) is 10.4. The Kier molecular flexibility index (Phi) is 6.64. The second kappa shape index (κ2) is 8.96. The van der Waals surface area contributed by atoms with Crippen molar-refractivity contribution < 1.29 is 14.3 Å². The first-order chi connectivity index (χ1) is 13.0. The van der Waals surface area contributed by atoms with Crippen LogP contribution in [0.3, 0.4) is 0 Å². The molecule has 2 saturated heterocycles. The fourth-order valence-corrected chi connectivity index (χ4v) is 4.49. The number of carbonyl (C=O) groups excluding carboxylic acids is 1. The van der Waals surface area contributed by atoms with Gasteiger partial charge in [0.15, 0.2) is 0 Å². The summed E-state index contributed by atoms with van der Waals surface area (Å²) in [5.41, 5.74) is -0.272. The molecule has 5 heteroatoms. The van der Waals surface area contributed by atoms with Crippen molar-refractivity contribution in [2.45, 2.75) is 64.5 Å². The van der Waals surface area contributed by atoms with Crippen molar-refractivity contribution in [3.05, 3.63) is 24.3 Å². The van der Waals surface area contributed by atoms with E-state index in [-0.39, 0.29) is 11.6 Å². The molecule has 0 N–H and O–H groups in total. The zero-order chi connectivity index (χ0) is 19.3. The Bertz CT molecular complexity index is 614. The highest BCUT2D eigenvalue weighted by atomic mass is 16.5. The van der Waals surface area contributed by atoms with E-state index in [2.05, 4.69) is 16.7 Å². The topological polar surface area (TPSA) is 42.0 Å². The molecule has 5 nitrogen and oxygen atoms in total. The summed E-state index contributed by atoms with van der Waals surface area (Å²) in [6.07, 6.45) is 5.40. The summed E-state index contributed by atoms with van der Waals surface area (Å²) in [5.74, 6) is 2.06. The van der Waals surface area contributed by atoms with E-state index >= 15 is 0 Å². The van der Waals surface area contributed by atoms with Gasteiger partial charge in [0, 0.05) is 19.6 Å². The molecule has 2 aliphatic rings. The summed E-state index contributed by atoms with van der Waals surface area (Å²) in [6, 6.07) is 7.79. The van der Waals surface area contributed by atoms with Crippen molar-refractivity contribution in [1.82, 2.24) is 9.80 Å². The Morgan fingerprint density at radius 2 is 1.70 bits per heavy atom. The van der Waals surface area contributed by atoms with E-state index < -0.39 is 0 Å². The maximum Gasteiger partial charge on any atom is 0.243 e. The first-order valence-corrected chi connectivity index (χ1v) is 10.5. The second-order valence-electron chi connectivity index (χ2n) is 8.00. The first kappa shape index (κ1) is 20.0. The highest BCUT2D eigenvalue weighted by Crippen LogP contribution is 2.38. The fraction of sp³-hybridized carbons (Fsp3) is 0.682. The van der Waals surface area contributed by atoms with Gasteiger partial charge in [-0.15, -0.1) is 0 Å². The smallest absolute Gasteiger partial charge is 0.243 e. The van der Waals surface area contributed by atoms with Gasteiger partial charge in [0.1, 0.15) is 23.6 Å². The molecule has 1 aromatic carbocycles. The van der Waals surface area contributed by atoms with Gasteiger partial charge in [0.2, 0.25) is 5.91 Å². The maximum atomic E-state index is 13.1. The van der Waals surface area contributed by atoms with Crippen molar-refractivity contribution in [3.8, 4) is 11.5 Å². The number of carbonyl (C=O) groups is 1. The Balaban J connectivity index is 1.55. The third-order valence-corrected chi connectivity index (χ3v) is 5.65. The van der Waals surface area contributed by atoms with Crippen LogP contribution in [0.15, 0.2) is 24.3 Å². The van der Waals surface area contributed by atoms with E-state index in [1.54, 1.807) is 0 Å². The molecule has 2 fully saturated rings. The predicted octanol–water partition coefficient (Wildman–Crippen LogP) is 3.72. The van der Waals surface area contributed by atoms with Crippen LogP contribution in [0.1, 0.15) is 52.9 Å². The molecule has 2 aliphatic heterocycles. The van der Waals surface area contributed by atoms with Crippen molar-refractivity contribution >= 4 is 5.91 Å². The van der Waals surface area contributed by atoms with E-state index in [0.29, 0.717) is 12.5 Å². The molecular formula is C22H34N2O3. The zero-order valence-electron chi connectivity index (χ0n) is 17.1. The molecule has 1 unspecified atom stereocenters. The van der Waals surface area contributed by atoms with Gasteiger partial charge < -0.3 is 14.4 Å². The van der Waals surface area contributed by atoms with Gasteiger partial charge in [0.25, 0.3) is 0 Å². The zero-order valence-corrected chi connectivity index (χ0v) is 17.1. The number of benzene rings is 1. The summed E-state index contributed by atoms with van der Waals surface area (Å²) in [5, 5.41) is 0. The average molecular weight is 375 g/mol. The lowest BCUT2D eigenvalue weighted by Crippen LogP contribution is -2.60. The molecule has 3 rings (SSSR count). The van der Waals surface area contributed by atoms with Crippen LogP contribution in [0.4, 0.5) is 0 Å². The maximum absolute atomic E-state index is 13.1. The van der Waals surface area contributed by atoms with Gasteiger partial charge in [0.05, 0.1) is 6.10 Å². The SMILES string of the molecule is CCCN1CCCC2(CCCN2CCOc2ccc(OC(C)C)cc2)C1=O. The van der Waals surface area contributed by atoms with Gasteiger partial charge in [-0.25, -0.2) is 0 Å². The van der Waals surface area contributed by atoms with Crippen molar-refractivity contribution in [2.75, 3.05) is 32.8 Å². The number of ether oxygens (including phenoxy) is 2. The van der Waals surface area contributed by atoms with E-state index in [4.69, 9.17) is 9.47 Å². The lowest BCUT2D eigenvalue weighted by Gasteiger charge is -2.44. The largest absolute Gasteiger partial charge is 0.492 e. The number of piperidine rings is 1. The number of rotatable bonds is 8. The van der Waals surface area contributed by atoms with E-state index in [1.165, 1.54) is 0 Å². The van der Waals surface area contributed by atoms with Crippen LogP contribution >= 0.6 is 0 Å². The van der Waals surface area contributed by atoms with Crippen LogP contribution in [-0.4, -0.2) is 60.1 Å². The number of nitrogens with zero attached hydrogens (tertiary/aromatic N) is 2. The highest BCUT2D eigenvalue weighted by Gasteiger charge is 2.50. The van der Waals surface area contributed by atoms with Crippen LogP contribution in [0.2, 0.25) is 0 Å². The quantitative estimate of drug-likeness (QED) is 0.695. The van der Waals surface area contributed by atoms with Crippen molar-refractivity contribution in [1.29, 1.82) is 0 Å². The van der Waals surface area contributed by atoms with Gasteiger partial charge >= 0.3 is 0 Å². The van der Waals surface area contributed by atoms with E-state index in [1.807, 2.05) is 38.1 Å². The molecule has 1 aromatic rings. The van der Waals surface area contributed by atoms with Crippen LogP contribution in [0.25, 0.3) is 0 Å². The average Bonchev–Trinajstić information content (AvgIpc) is 3.04. The molecule has 2 heterocycles. The summed E-state index contributed by atoms with van der Waals surface area (Å²) in [4.78, 5) is 17.6. The number of likely N-dealkylation sites (tertiary alicyclic amines) is 2. The molecule has 1 atom stereocenters. The summed E-state index contributed by atoms with van der Waals surface area (Å²) in [7, 11) is 0. The third kappa shape index (κ3) is 4.57. The molecule has 0 saturated carbocycles. The lowest BCUT2D eigenvalue weighted by atomic mass is 9.85. The number of hydrogen-bond acceptors (Lipinski definition) is 4. The monoisotopic (exact) mass is 374 g/mol. The lowest BCUT2D eigenvalue weighted by molar-refractivity contribution is -0.147. The summed E-state index contributed by atoms with van der Waals surface area (Å²) >= 11 is 0. The Morgan fingerprint density at radius 1 is 1.04 bits per heavy atom. The van der Waals surface area contributed by atoms with Crippen LogP contribution in [0.5, 0.6) is 11.5 Å². The molecule has 0 bridgehead atoms. The van der Waals surface area contributed by atoms with Gasteiger partial charge in [-0.3, -0.25) is 9.69 Å². The van der Waals surface area contributed by atoms with Crippen LogP contribution in [-0.2, 0) is 4.79 Å². The molecule has 27 heavy (non-hydrogen) atoms. The fourth-order valence-electron chi connectivity index (χ4n) is 4.49. The molecule has 150 valence electrons. The van der Waals surface area contributed by atoms with E-state index in [9.17, 15) is 4.79 Å². The molecule has 0 radical (unpaired) electrons. The minimum atomic E-state index is -0.272. The summed E-state index contributed by atoms with van der Waals surface area (Å²) < 4.78 is 11.6. The predicted molar refractivity (Wildman–Crippen MR) is 107 cm³/mol. The second-order valence-corrected chi connectivity index (χ2v) is 8.00. The van der Waals surface area contributed by atoms with Crippen molar-refractivity contribution in [2.24, 2.45) is 0 Å². The van der Waals surface area contributed by atoms with E-state index in [0.717, 1.165) is 69.8 Å². The van der Waals surface area contributed by atoms with Gasteiger partial charge in [-0.05, 0) is 76.8 Å². The number of hydrogen-bond donors (Lipinski definition) is 0. The number of amides is 1. The van der Waals surface area contributed by atoms with Crippen molar-refractivity contribution in [3.63, 3.8) is 0 Å². The normalized spacial score (nSPS) is 23.4. The molecule has 1 spiro atoms. The molecule has 0 aliphatic carbocycles. The molecular weight excluding hydrogens is 340 g/mol. The molecule has 0 aromatic heterocycles. The van der Waals surface area contributed by atoms with Crippen LogP contribution < -0.4 is 9.47 Å². The first-order valence-electron chi connectivity index (χ1n) is 10.5. The Labute approximate surface area is 163 Å². The minimum Gasteiger partial charge on any atom is -0.492 e. The van der Waals surface area contributed by atoms with Gasteiger partial charge in [-0.2, -0.15) is 0 Å². The van der Waals surface area contributed by atoms with Gasteiger partial charge in [-0.1, -0.05) is 6.92 Å². The standard InChI is InChI=1S/C22H34N2O3/c1-4-13-23-14-5-11-22(21(23)25)12-6-15-24(22)16-17-26-19-7-9-20(10-8-19)27-18(2)3/h7-10,18H,4-6,11-17H2,1-3H3. The Hall–Kier alpha value is -1.75.